The van der Waals surface area contributed by atoms with E-state index in [4.69, 9.17) is 9.31 Å². The molecule has 3 heteroatoms. The standard InChI is InChI=1S/C27H47BO2/c1-6-7-8-9-10-11-12-13-14-18-21-25(23-22-24-19-16-15-17-20-24)28-29-26(2,3)27(4,5)30-28/h15-17,19-20,25H,6-14,18,21-23H2,1-5H3. The second-order valence-electron chi connectivity index (χ2n) is 10.4. The van der Waals surface area contributed by atoms with E-state index in [9.17, 15) is 0 Å². The molecular weight excluding hydrogens is 367 g/mol. The van der Waals surface area contributed by atoms with Crippen LogP contribution in [-0.2, 0) is 15.7 Å². The maximum Gasteiger partial charge on any atom is 0.461 e. The second kappa shape index (κ2) is 12.9. The highest BCUT2D eigenvalue weighted by Gasteiger charge is 2.53. The van der Waals surface area contributed by atoms with Crippen LogP contribution in [0.25, 0.3) is 0 Å². The summed E-state index contributed by atoms with van der Waals surface area (Å²) in [6, 6.07) is 10.9. The fourth-order valence-electron chi connectivity index (χ4n) is 4.39. The zero-order valence-electron chi connectivity index (χ0n) is 20.6. The van der Waals surface area contributed by atoms with Crippen LogP contribution in [-0.4, -0.2) is 18.3 Å². The number of rotatable bonds is 15. The normalized spacial score (nSPS) is 18.6. The monoisotopic (exact) mass is 414 g/mol. The third-order valence-electron chi connectivity index (χ3n) is 7.23. The minimum Gasteiger partial charge on any atom is -0.403 e. The molecule has 1 aromatic carbocycles. The summed E-state index contributed by atoms with van der Waals surface area (Å²) in [7, 11) is -0.0720. The number of benzene rings is 1. The van der Waals surface area contributed by atoms with E-state index in [1.54, 1.807) is 0 Å². The van der Waals surface area contributed by atoms with E-state index < -0.39 is 0 Å². The van der Waals surface area contributed by atoms with Crippen molar-refractivity contribution in [2.45, 2.75) is 135 Å². The van der Waals surface area contributed by atoms with Crippen LogP contribution in [0, 0.1) is 0 Å². The Morgan fingerprint density at radius 1 is 0.700 bits per heavy atom. The minimum atomic E-state index is -0.236. The molecule has 2 rings (SSSR count). The van der Waals surface area contributed by atoms with Crippen molar-refractivity contribution in [1.82, 2.24) is 0 Å². The van der Waals surface area contributed by atoms with Gasteiger partial charge < -0.3 is 9.31 Å². The molecule has 0 amide bonds. The molecule has 1 aliphatic heterocycles. The molecule has 1 fully saturated rings. The van der Waals surface area contributed by atoms with Gasteiger partial charge in [0.1, 0.15) is 0 Å². The van der Waals surface area contributed by atoms with Crippen LogP contribution in [0.4, 0.5) is 0 Å². The molecule has 1 aliphatic rings. The van der Waals surface area contributed by atoms with Gasteiger partial charge in [-0.25, -0.2) is 0 Å². The van der Waals surface area contributed by atoms with Crippen LogP contribution in [0.2, 0.25) is 5.82 Å². The van der Waals surface area contributed by atoms with E-state index in [-0.39, 0.29) is 18.3 Å². The lowest BCUT2D eigenvalue weighted by Crippen LogP contribution is -2.41. The van der Waals surface area contributed by atoms with Crippen LogP contribution in [0.3, 0.4) is 0 Å². The van der Waals surface area contributed by atoms with Crippen molar-refractivity contribution in [1.29, 1.82) is 0 Å². The lowest BCUT2D eigenvalue weighted by atomic mass is 9.66. The lowest BCUT2D eigenvalue weighted by molar-refractivity contribution is 0.00578. The quantitative estimate of drug-likeness (QED) is 0.212. The van der Waals surface area contributed by atoms with Crippen LogP contribution in [0.15, 0.2) is 30.3 Å². The van der Waals surface area contributed by atoms with Crippen LogP contribution < -0.4 is 0 Å². The molecule has 1 unspecified atom stereocenters. The Morgan fingerprint density at radius 3 is 1.73 bits per heavy atom. The van der Waals surface area contributed by atoms with Gasteiger partial charge in [0, 0.05) is 0 Å². The van der Waals surface area contributed by atoms with Crippen LogP contribution >= 0.6 is 0 Å². The molecule has 0 spiro atoms. The van der Waals surface area contributed by atoms with Crippen LogP contribution in [0.5, 0.6) is 0 Å². The summed E-state index contributed by atoms with van der Waals surface area (Å²) < 4.78 is 12.9. The van der Waals surface area contributed by atoms with Gasteiger partial charge in [-0.15, -0.1) is 0 Å². The maximum atomic E-state index is 6.43. The van der Waals surface area contributed by atoms with E-state index in [2.05, 4.69) is 65.0 Å². The molecule has 0 radical (unpaired) electrons. The summed E-state index contributed by atoms with van der Waals surface area (Å²) in [5, 5.41) is 0. The molecule has 1 saturated heterocycles. The van der Waals surface area contributed by atoms with Crippen molar-refractivity contribution in [3.05, 3.63) is 35.9 Å². The first-order chi connectivity index (χ1) is 14.4. The van der Waals surface area contributed by atoms with E-state index in [1.807, 2.05) is 0 Å². The predicted molar refractivity (Wildman–Crippen MR) is 131 cm³/mol. The average molecular weight is 414 g/mol. The number of hydrogen-bond acceptors (Lipinski definition) is 2. The van der Waals surface area contributed by atoms with Gasteiger partial charge >= 0.3 is 7.12 Å². The molecular formula is C27H47BO2. The summed E-state index contributed by atoms with van der Waals surface area (Å²) in [6.45, 7) is 11.0. The molecule has 1 atom stereocenters. The van der Waals surface area contributed by atoms with Gasteiger partial charge in [0.2, 0.25) is 0 Å². The highest BCUT2D eigenvalue weighted by molar-refractivity contribution is 6.47. The predicted octanol–water partition coefficient (Wildman–Crippen LogP) is 8.39. The van der Waals surface area contributed by atoms with Gasteiger partial charge in [0.15, 0.2) is 0 Å². The van der Waals surface area contributed by atoms with Crippen molar-refractivity contribution in [2.24, 2.45) is 0 Å². The topological polar surface area (TPSA) is 18.5 Å². The first-order valence-electron chi connectivity index (χ1n) is 12.8. The third-order valence-corrected chi connectivity index (χ3v) is 7.23. The smallest absolute Gasteiger partial charge is 0.403 e. The molecule has 2 nitrogen and oxygen atoms in total. The third kappa shape index (κ3) is 8.38. The van der Waals surface area contributed by atoms with Crippen molar-refractivity contribution >= 4 is 7.12 Å². The summed E-state index contributed by atoms with van der Waals surface area (Å²) in [5.41, 5.74) is 0.947. The lowest BCUT2D eigenvalue weighted by Gasteiger charge is -2.32. The van der Waals surface area contributed by atoms with Gasteiger partial charge in [-0.3, -0.25) is 0 Å². The summed E-state index contributed by atoms with van der Waals surface area (Å²) in [4.78, 5) is 0. The van der Waals surface area contributed by atoms with Gasteiger partial charge in [-0.1, -0.05) is 108 Å². The minimum absolute atomic E-state index is 0.0720. The molecule has 1 aromatic rings. The number of aryl methyl sites for hydroxylation is 1. The van der Waals surface area contributed by atoms with Gasteiger partial charge in [0.05, 0.1) is 11.2 Å². The highest BCUT2D eigenvalue weighted by atomic mass is 16.7. The molecule has 0 N–H and O–H groups in total. The zero-order chi connectivity index (χ0) is 21.9. The van der Waals surface area contributed by atoms with E-state index >= 15 is 0 Å². The Bertz CT molecular complexity index is 553. The zero-order valence-corrected chi connectivity index (χ0v) is 20.6. The first-order valence-corrected chi connectivity index (χ1v) is 12.8. The van der Waals surface area contributed by atoms with Gasteiger partial charge in [0.25, 0.3) is 0 Å². The summed E-state index contributed by atoms with van der Waals surface area (Å²) >= 11 is 0. The maximum absolute atomic E-state index is 6.43. The Kier molecular flexibility index (Phi) is 11.0. The molecule has 0 aliphatic carbocycles. The molecule has 0 aromatic heterocycles. The van der Waals surface area contributed by atoms with E-state index in [1.165, 1.54) is 76.2 Å². The summed E-state index contributed by atoms with van der Waals surface area (Å²) in [6.07, 6.45) is 17.3. The number of hydrogen-bond donors (Lipinski definition) is 0. The van der Waals surface area contributed by atoms with Crippen molar-refractivity contribution in [2.75, 3.05) is 0 Å². The van der Waals surface area contributed by atoms with Crippen LogP contribution in [0.1, 0.15) is 117 Å². The molecule has 170 valence electrons. The first kappa shape index (κ1) is 25.5. The van der Waals surface area contributed by atoms with E-state index in [0.29, 0.717) is 5.82 Å². The van der Waals surface area contributed by atoms with Crippen molar-refractivity contribution in [3.8, 4) is 0 Å². The SMILES string of the molecule is CCCCCCCCCCCCC(CCc1ccccc1)B1OC(C)(C)C(C)(C)O1. The average Bonchev–Trinajstić information content (AvgIpc) is 2.93. The fraction of sp³-hybridized carbons (Fsp3) is 0.778. The van der Waals surface area contributed by atoms with Gasteiger partial charge in [-0.2, -0.15) is 0 Å². The second-order valence-corrected chi connectivity index (χ2v) is 10.4. The number of unbranched alkanes of at least 4 members (excludes halogenated alkanes) is 9. The Hall–Kier alpha value is -0.795. The Labute approximate surface area is 187 Å². The van der Waals surface area contributed by atoms with Crippen molar-refractivity contribution in [3.63, 3.8) is 0 Å². The summed E-state index contributed by atoms with van der Waals surface area (Å²) in [5.74, 6) is 0.472. The molecule has 1 heterocycles. The van der Waals surface area contributed by atoms with Crippen molar-refractivity contribution < 1.29 is 9.31 Å². The molecule has 30 heavy (non-hydrogen) atoms. The van der Waals surface area contributed by atoms with E-state index in [0.717, 1.165) is 12.8 Å². The Morgan fingerprint density at radius 2 is 1.20 bits per heavy atom. The fourth-order valence-corrected chi connectivity index (χ4v) is 4.39. The van der Waals surface area contributed by atoms with Gasteiger partial charge in [-0.05, 0) is 51.9 Å². The Balaban J connectivity index is 1.75. The molecule has 0 saturated carbocycles. The largest absolute Gasteiger partial charge is 0.461 e. The highest BCUT2D eigenvalue weighted by Crippen LogP contribution is 2.42. The molecule has 0 bridgehead atoms.